The predicted molar refractivity (Wildman–Crippen MR) is 69.6 cm³/mol. The topological polar surface area (TPSA) is 108 Å². The van der Waals surface area contributed by atoms with E-state index in [9.17, 15) is 8.42 Å². The number of sulfonamides is 1. The van der Waals surface area contributed by atoms with E-state index in [1.807, 2.05) is 0 Å². The van der Waals surface area contributed by atoms with Gasteiger partial charge in [0.2, 0.25) is 10.0 Å². The minimum atomic E-state index is -3.67. The Bertz CT molecular complexity index is 646. The van der Waals surface area contributed by atoms with Gasteiger partial charge in [-0.15, -0.1) is 0 Å². The van der Waals surface area contributed by atoms with Gasteiger partial charge in [-0.25, -0.2) is 13.1 Å². The smallest absolute Gasteiger partial charge is 0.246 e. The van der Waals surface area contributed by atoms with Gasteiger partial charge in [0, 0.05) is 31.7 Å². The molecule has 0 bridgehead atoms. The fraction of sp³-hybridized carbons (Fsp3) is 0.400. The third-order valence-corrected chi connectivity index (χ3v) is 4.09. The van der Waals surface area contributed by atoms with E-state index < -0.39 is 10.0 Å². The van der Waals surface area contributed by atoms with E-state index in [1.165, 1.54) is 10.9 Å². The molecule has 0 fully saturated rings. The Balaban J connectivity index is 2.11. The van der Waals surface area contributed by atoms with Gasteiger partial charge in [0.25, 0.3) is 0 Å². The molecular weight excluding hydrogens is 268 g/mol. The zero-order chi connectivity index (χ0) is 14.0. The number of rotatable bonds is 5. The molecular formula is C10H16N6O2S. The van der Waals surface area contributed by atoms with E-state index in [4.69, 9.17) is 5.73 Å². The van der Waals surface area contributed by atoms with Crippen molar-refractivity contribution in [1.29, 1.82) is 0 Å². The van der Waals surface area contributed by atoms with Gasteiger partial charge >= 0.3 is 0 Å². The van der Waals surface area contributed by atoms with E-state index in [2.05, 4.69) is 14.9 Å². The van der Waals surface area contributed by atoms with E-state index in [0.29, 0.717) is 6.54 Å². The molecule has 3 N–H and O–H groups in total. The van der Waals surface area contributed by atoms with Crippen molar-refractivity contribution >= 4 is 15.8 Å². The van der Waals surface area contributed by atoms with Crippen LogP contribution in [0.1, 0.15) is 6.92 Å². The van der Waals surface area contributed by atoms with Crippen LogP contribution in [0, 0.1) is 0 Å². The monoisotopic (exact) mass is 284 g/mol. The number of nitrogens with zero attached hydrogens (tertiary/aromatic N) is 4. The summed E-state index contributed by atoms with van der Waals surface area (Å²) in [5.41, 5.74) is 5.57. The van der Waals surface area contributed by atoms with Crippen LogP contribution >= 0.6 is 0 Å². The lowest BCUT2D eigenvalue weighted by molar-refractivity contribution is 0.494. The molecule has 0 amide bonds. The highest BCUT2D eigenvalue weighted by molar-refractivity contribution is 7.89. The van der Waals surface area contributed by atoms with Crippen molar-refractivity contribution in [3.05, 3.63) is 24.7 Å². The summed E-state index contributed by atoms with van der Waals surface area (Å²) < 4.78 is 29.8. The maximum Gasteiger partial charge on any atom is 0.246 e. The van der Waals surface area contributed by atoms with Crippen LogP contribution in [0.15, 0.2) is 29.6 Å². The molecule has 0 aliphatic heterocycles. The van der Waals surface area contributed by atoms with Crippen molar-refractivity contribution in [1.82, 2.24) is 24.3 Å². The average molecular weight is 284 g/mol. The maximum atomic E-state index is 12.1. The van der Waals surface area contributed by atoms with Gasteiger partial charge in [-0.3, -0.25) is 9.36 Å². The molecule has 0 aliphatic rings. The second-order valence-electron chi connectivity index (χ2n) is 4.30. The molecule has 1 unspecified atom stereocenters. The van der Waals surface area contributed by atoms with Crippen molar-refractivity contribution in [3.63, 3.8) is 0 Å². The van der Waals surface area contributed by atoms with E-state index in [-0.39, 0.29) is 16.8 Å². The minimum absolute atomic E-state index is 0.0117. The Kier molecular flexibility index (Phi) is 3.58. The summed E-state index contributed by atoms with van der Waals surface area (Å²) in [5, 5.41) is 7.84. The van der Waals surface area contributed by atoms with Crippen molar-refractivity contribution in [3.8, 4) is 0 Å². The molecule has 1 atom stereocenters. The van der Waals surface area contributed by atoms with Crippen LogP contribution in [0.2, 0.25) is 0 Å². The summed E-state index contributed by atoms with van der Waals surface area (Å²) >= 11 is 0. The lowest BCUT2D eigenvalue weighted by atomic mass is 10.4. The molecule has 0 saturated heterocycles. The van der Waals surface area contributed by atoms with E-state index in [0.717, 1.165) is 0 Å². The third kappa shape index (κ3) is 3.12. The standard InChI is InChI=1S/C10H16N6O2S/c1-8(6-16-5-3-4-12-16)14-19(17,18)9-7-15(2)13-10(9)11/h3-5,7-8,14H,6H2,1-2H3,(H2,11,13). The summed E-state index contributed by atoms with van der Waals surface area (Å²) in [4.78, 5) is -0.0117. The Hall–Kier alpha value is -1.87. The molecule has 0 aromatic carbocycles. The Morgan fingerprint density at radius 3 is 2.79 bits per heavy atom. The minimum Gasteiger partial charge on any atom is -0.381 e. The molecule has 2 aromatic rings. The fourth-order valence-corrected chi connectivity index (χ4v) is 3.08. The molecule has 2 heterocycles. The Morgan fingerprint density at radius 2 is 2.26 bits per heavy atom. The first-order valence-electron chi connectivity index (χ1n) is 5.67. The molecule has 0 aliphatic carbocycles. The van der Waals surface area contributed by atoms with Crippen LogP contribution < -0.4 is 10.5 Å². The molecule has 104 valence electrons. The number of nitrogen functional groups attached to an aromatic ring is 1. The summed E-state index contributed by atoms with van der Waals surface area (Å²) in [6.45, 7) is 2.19. The summed E-state index contributed by atoms with van der Waals surface area (Å²) in [6.07, 6.45) is 4.78. The molecule has 8 nitrogen and oxygen atoms in total. The first-order chi connectivity index (χ1) is 8.88. The number of aryl methyl sites for hydroxylation is 1. The van der Waals surface area contributed by atoms with E-state index >= 15 is 0 Å². The van der Waals surface area contributed by atoms with Crippen LogP contribution in [0.4, 0.5) is 5.82 Å². The van der Waals surface area contributed by atoms with Crippen molar-refractivity contribution < 1.29 is 8.42 Å². The first-order valence-corrected chi connectivity index (χ1v) is 7.15. The van der Waals surface area contributed by atoms with Gasteiger partial charge in [-0.05, 0) is 13.0 Å². The highest BCUT2D eigenvalue weighted by atomic mass is 32.2. The van der Waals surface area contributed by atoms with Gasteiger partial charge in [-0.2, -0.15) is 10.2 Å². The van der Waals surface area contributed by atoms with Crippen molar-refractivity contribution in [2.75, 3.05) is 5.73 Å². The molecule has 2 aromatic heterocycles. The van der Waals surface area contributed by atoms with Crippen LogP contribution in [0.25, 0.3) is 0 Å². The number of anilines is 1. The second-order valence-corrected chi connectivity index (χ2v) is 5.99. The molecule has 19 heavy (non-hydrogen) atoms. The normalized spacial score (nSPS) is 13.6. The maximum absolute atomic E-state index is 12.1. The van der Waals surface area contributed by atoms with Crippen molar-refractivity contribution in [2.45, 2.75) is 24.4 Å². The number of aromatic nitrogens is 4. The van der Waals surface area contributed by atoms with Crippen LogP contribution in [-0.4, -0.2) is 34.0 Å². The molecule has 2 rings (SSSR count). The van der Waals surface area contributed by atoms with E-state index in [1.54, 1.807) is 37.1 Å². The van der Waals surface area contributed by atoms with Crippen LogP contribution in [0.3, 0.4) is 0 Å². The van der Waals surface area contributed by atoms with Gasteiger partial charge in [0.1, 0.15) is 4.90 Å². The SMILES string of the molecule is CC(Cn1cccn1)NS(=O)(=O)c1cn(C)nc1N. The third-order valence-electron chi connectivity index (χ3n) is 2.49. The zero-order valence-corrected chi connectivity index (χ0v) is 11.5. The Labute approximate surface area is 111 Å². The van der Waals surface area contributed by atoms with Gasteiger partial charge < -0.3 is 5.73 Å². The number of nitrogens with one attached hydrogen (secondary N) is 1. The fourth-order valence-electron chi connectivity index (χ4n) is 1.75. The van der Waals surface area contributed by atoms with Crippen LogP contribution in [0.5, 0.6) is 0 Å². The highest BCUT2D eigenvalue weighted by Crippen LogP contribution is 2.15. The quantitative estimate of drug-likeness (QED) is 0.774. The number of nitrogens with two attached hydrogens (primary N) is 1. The van der Waals surface area contributed by atoms with Crippen molar-refractivity contribution in [2.24, 2.45) is 7.05 Å². The molecule has 0 radical (unpaired) electrons. The van der Waals surface area contributed by atoms with Gasteiger partial charge in [0.05, 0.1) is 6.54 Å². The second kappa shape index (κ2) is 5.02. The summed E-state index contributed by atoms with van der Waals surface area (Å²) in [5.74, 6) is -0.0127. The van der Waals surface area contributed by atoms with Crippen LogP contribution in [-0.2, 0) is 23.6 Å². The molecule has 0 spiro atoms. The Morgan fingerprint density at radius 1 is 1.53 bits per heavy atom. The lowest BCUT2D eigenvalue weighted by Gasteiger charge is -2.13. The summed E-state index contributed by atoms with van der Waals surface area (Å²) in [6, 6.07) is 1.46. The highest BCUT2D eigenvalue weighted by Gasteiger charge is 2.22. The molecule has 9 heteroatoms. The first kappa shape index (κ1) is 13.6. The van der Waals surface area contributed by atoms with Gasteiger partial charge in [-0.1, -0.05) is 0 Å². The van der Waals surface area contributed by atoms with Gasteiger partial charge in [0.15, 0.2) is 5.82 Å². The predicted octanol–water partition coefficient (Wildman–Crippen LogP) is -0.434. The summed E-state index contributed by atoms with van der Waals surface area (Å²) in [7, 11) is -2.06. The zero-order valence-electron chi connectivity index (χ0n) is 10.7. The molecule has 0 saturated carbocycles. The lowest BCUT2D eigenvalue weighted by Crippen LogP contribution is -2.35. The average Bonchev–Trinajstić information content (AvgIpc) is 2.87. The number of hydrogen-bond donors (Lipinski definition) is 2. The number of hydrogen-bond acceptors (Lipinski definition) is 5. The largest absolute Gasteiger partial charge is 0.381 e.